The summed E-state index contributed by atoms with van der Waals surface area (Å²) < 4.78 is 13.2. The van der Waals surface area contributed by atoms with Crippen LogP contribution in [0.5, 0.6) is 0 Å². The summed E-state index contributed by atoms with van der Waals surface area (Å²) in [5.74, 6) is -0.237. The van der Waals surface area contributed by atoms with E-state index >= 15 is 0 Å². The van der Waals surface area contributed by atoms with Crippen LogP contribution in [0.3, 0.4) is 0 Å². The molecule has 2 aromatic rings. The lowest BCUT2D eigenvalue weighted by molar-refractivity contribution is 0.624. The molecule has 5 heteroatoms. The fourth-order valence-corrected chi connectivity index (χ4v) is 3.51. The summed E-state index contributed by atoms with van der Waals surface area (Å²) in [5.41, 5.74) is 2.22. The molecule has 0 radical (unpaired) electrons. The molecule has 0 saturated heterocycles. The van der Waals surface area contributed by atoms with E-state index in [1.807, 2.05) is 6.07 Å². The molecule has 2 nitrogen and oxygen atoms in total. The van der Waals surface area contributed by atoms with Gasteiger partial charge in [-0.15, -0.1) is 0 Å². The van der Waals surface area contributed by atoms with Crippen molar-refractivity contribution in [1.82, 2.24) is 9.97 Å². The lowest BCUT2D eigenvalue weighted by atomic mass is 9.98. The minimum absolute atomic E-state index is 0.237. The molecule has 0 unspecified atom stereocenters. The van der Waals surface area contributed by atoms with Crippen molar-refractivity contribution in [1.29, 1.82) is 0 Å². The van der Waals surface area contributed by atoms with Gasteiger partial charge in [-0.3, -0.25) is 0 Å². The number of fused-ring (bicyclic) bond motifs is 1. The quantitative estimate of drug-likeness (QED) is 0.610. The number of nitrogens with zero attached hydrogens (tertiary/aromatic N) is 2. The van der Waals surface area contributed by atoms with E-state index in [-0.39, 0.29) is 11.1 Å². The first-order valence-corrected chi connectivity index (χ1v) is 7.40. The van der Waals surface area contributed by atoms with Crippen LogP contribution in [0.1, 0.15) is 24.1 Å². The van der Waals surface area contributed by atoms with Crippen molar-refractivity contribution in [2.75, 3.05) is 0 Å². The third kappa shape index (κ3) is 2.90. The molecule has 98 valence electrons. The number of aromatic nitrogens is 2. The van der Waals surface area contributed by atoms with Crippen LogP contribution in [-0.2, 0) is 12.8 Å². The molecule has 0 amide bonds. The van der Waals surface area contributed by atoms with E-state index in [0.717, 1.165) is 41.3 Å². The predicted octanol–water partition coefficient (Wildman–Crippen LogP) is 4.30. The van der Waals surface area contributed by atoms with Gasteiger partial charge in [-0.1, -0.05) is 17.8 Å². The molecule has 0 spiro atoms. The Labute approximate surface area is 120 Å². The van der Waals surface area contributed by atoms with E-state index in [1.54, 1.807) is 6.07 Å². The fraction of sp³-hybridized carbons (Fsp3) is 0.286. The van der Waals surface area contributed by atoms with Gasteiger partial charge < -0.3 is 0 Å². The molecule has 1 heterocycles. The average Bonchev–Trinajstić information content (AvgIpc) is 2.38. The standard InChI is InChI=1S/C14H12ClFN2S/c15-14-17-12-7-2-1-6-11(12)13(18-14)19-10-5-3-4-9(16)8-10/h3-5,8H,1-2,6-7H2. The first kappa shape index (κ1) is 12.9. The number of aryl methyl sites for hydroxylation is 1. The lowest BCUT2D eigenvalue weighted by Crippen LogP contribution is -2.08. The van der Waals surface area contributed by atoms with Gasteiger partial charge in [0.05, 0.1) is 0 Å². The normalized spacial score (nSPS) is 14.2. The van der Waals surface area contributed by atoms with Gasteiger partial charge in [-0.25, -0.2) is 14.4 Å². The van der Waals surface area contributed by atoms with Crippen LogP contribution in [0.15, 0.2) is 34.2 Å². The molecule has 1 aliphatic rings. The van der Waals surface area contributed by atoms with E-state index in [1.165, 1.54) is 29.5 Å². The monoisotopic (exact) mass is 294 g/mol. The van der Waals surface area contributed by atoms with Crippen molar-refractivity contribution < 1.29 is 4.39 Å². The Morgan fingerprint density at radius 2 is 2.00 bits per heavy atom. The molecule has 0 fully saturated rings. The van der Waals surface area contributed by atoms with Gasteiger partial charge >= 0.3 is 0 Å². The lowest BCUT2D eigenvalue weighted by Gasteiger charge is -2.17. The molecule has 0 atom stereocenters. The summed E-state index contributed by atoms with van der Waals surface area (Å²) in [6.07, 6.45) is 4.22. The van der Waals surface area contributed by atoms with Crippen molar-refractivity contribution in [3.05, 3.63) is 46.6 Å². The van der Waals surface area contributed by atoms with Crippen LogP contribution in [-0.4, -0.2) is 9.97 Å². The minimum atomic E-state index is -0.237. The van der Waals surface area contributed by atoms with E-state index < -0.39 is 0 Å². The second kappa shape index (κ2) is 5.47. The SMILES string of the molecule is Fc1cccc(Sc2nc(Cl)nc3c2CCCC3)c1. The summed E-state index contributed by atoms with van der Waals surface area (Å²) >= 11 is 7.42. The van der Waals surface area contributed by atoms with Gasteiger partial charge in [-0.05, 0) is 55.5 Å². The largest absolute Gasteiger partial charge is 0.223 e. The first-order valence-electron chi connectivity index (χ1n) is 6.21. The van der Waals surface area contributed by atoms with E-state index in [9.17, 15) is 4.39 Å². The summed E-state index contributed by atoms with van der Waals surface area (Å²) in [6, 6.07) is 6.52. The molecular weight excluding hydrogens is 283 g/mol. The zero-order chi connectivity index (χ0) is 13.2. The highest BCUT2D eigenvalue weighted by molar-refractivity contribution is 7.99. The van der Waals surface area contributed by atoms with Crippen LogP contribution >= 0.6 is 23.4 Å². The highest BCUT2D eigenvalue weighted by Crippen LogP contribution is 2.34. The van der Waals surface area contributed by atoms with Gasteiger partial charge in [0.2, 0.25) is 5.28 Å². The van der Waals surface area contributed by atoms with Crippen LogP contribution in [0.25, 0.3) is 0 Å². The minimum Gasteiger partial charge on any atom is -0.223 e. The Hall–Kier alpha value is -1.13. The van der Waals surface area contributed by atoms with E-state index in [4.69, 9.17) is 11.6 Å². The summed E-state index contributed by atoms with van der Waals surface area (Å²) in [4.78, 5) is 9.44. The average molecular weight is 295 g/mol. The van der Waals surface area contributed by atoms with Crippen molar-refractivity contribution >= 4 is 23.4 Å². The second-order valence-corrected chi connectivity index (χ2v) is 5.89. The fourth-order valence-electron chi connectivity index (χ4n) is 2.26. The molecular formula is C14H12ClFN2S. The molecule has 3 rings (SSSR count). The van der Waals surface area contributed by atoms with Crippen LogP contribution in [0.4, 0.5) is 4.39 Å². The Morgan fingerprint density at radius 1 is 1.16 bits per heavy atom. The molecule has 0 N–H and O–H groups in total. The Balaban J connectivity index is 1.98. The van der Waals surface area contributed by atoms with Gasteiger partial charge in [-0.2, -0.15) is 0 Å². The number of halogens is 2. The third-order valence-corrected chi connectivity index (χ3v) is 4.32. The highest BCUT2D eigenvalue weighted by Gasteiger charge is 2.18. The van der Waals surface area contributed by atoms with E-state index in [0.29, 0.717) is 0 Å². The number of hydrogen-bond donors (Lipinski definition) is 0. The zero-order valence-electron chi connectivity index (χ0n) is 10.2. The summed E-state index contributed by atoms with van der Waals surface area (Å²) in [5, 5.41) is 1.14. The van der Waals surface area contributed by atoms with Crippen LogP contribution in [0.2, 0.25) is 5.28 Å². The Morgan fingerprint density at radius 3 is 2.84 bits per heavy atom. The Kier molecular flexibility index (Phi) is 3.71. The van der Waals surface area contributed by atoms with E-state index in [2.05, 4.69) is 9.97 Å². The van der Waals surface area contributed by atoms with Gasteiger partial charge in [0.25, 0.3) is 0 Å². The van der Waals surface area contributed by atoms with Crippen molar-refractivity contribution in [3.63, 3.8) is 0 Å². The maximum atomic E-state index is 13.2. The zero-order valence-corrected chi connectivity index (χ0v) is 11.8. The van der Waals surface area contributed by atoms with Gasteiger partial charge in [0.1, 0.15) is 10.8 Å². The third-order valence-electron chi connectivity index (χ3n) is 3.13. The number of benzene rings is 1. The maximum absolute atomic E-state index is 13.2. The molecule has 0 saturated carbocycles. The van der Waals surface area contributed by atoms with Crippen molar-refractivity contribution in [2.24, 2.45) is 0 Å². The maximum Gasteiger partial charge on any atom is 0.223 e. The molecule has 0 bridgehead atoms. The smallest absolute Gasteiger partial charge is 0.223 e. The van der Waals surface area contributed by atoms with Gasteiger partial charge in [0.15, 0.2) is 0 Å². The number of rotatable bonds is 2. The van der Waals surface area contributed by atoms with Crippen LogP contribution in [0, 0.1) is 5.82 Å². The highest BCUT2D eigenvalue weighted by atomic mass is 35.5. The predicted molar refractivity (Wildman–Crippen MR) is 74.2 cm³/mol. The first-order chi connectivity index (χ1) is 9.22. The van der Waals surface area contributed by atoms with Crippen molar-refractivity contribution in [2.45, 2.75) is 35.6 Å². The molecule has 0 aliphatic heterocycles. The summed E-state index contributed by atoms with van der Waals surface area (Å²) in [7, 11) is 0. The number of hydrogen-bond acceptors (Lipinski definition) is 3. The molecule has 1 aromatic carbocycles. The van der Waals surface area contributed by atoms with Gasteiger partial charge in [0, 0.05) is 16.2 Å². The molecule has 1 aliphatic carbocycles. The Bertz CT molecular complexity index is 618. The molecule has 19 heavy (non-hydrogen) atoms. The van der Waals surface area contributed by atoms with Crippen molar-refractivity contribution in [3.8, 4) is 0 Å². The topological polar surface area (TPSA) is 25.8 Å². The summed E-state index contributed by atoms with van der Waals surface area (Å²) in [6.45, 7) is 0. The molecule has 1 aromatic heterocycles. The second-order valence-electron chi connectivity index (χ2n) is 4.49. The van der Waals surface area contributed by atoms with Crippen LogP contribution < -0.4 is 0 Å².